The summed E-state index contributed by atoms with van der Waals surface area (Å²) >= 11 is 0. The van der Waals surface area contributed by atoms with Crippen LogP contribution in [0, 0.1) is 5.82 Å². The quantitative estimate of drug-likeness (QED) is 0.536. The van der Waals surface area contributed by atoms with Gasteiger partial charge in [-0.05, 0) is 50.6 Å². The van der Waals surface area contributed by atoms with Gasteiger partial charge in [0.05, 0.1) is 26.0 Å². The molecule has 0 radical (unpaired) electrons. The fourth-order valence-corrected chi connectivity index (χ4v) is 2.30. The fourth-order valence-electron chi connectivity index (χ4n) is 2.30. The summed E-state index contributed by atoms with van der Waals surface area (Å²) in [5.74, 6) is 0.555. The molecule has 1 N–H and O–H groups in total. The number of carbonyl (C=O) groups is 1. The van der Waals surface area contributed by atoms with Gasteiger partial charge in [0.2, 0.25) is 5.75 Å². The number of hydrazone groups is 1. The second kappa shape index (κ2) is 10.2. The van der Waals surface area contributed by atoms with Crippen molar-refractivity contribution in [3.05, 3.63) is 53.3 Å². The zero-order valence-corrected chi connectivity index (χ0v) is 15.6. The molecule has 0 aliphatic heterocycles. The lowest BCUT2D eigenvalue weighted by molar-refractivity contribution is 0.0954. The molecule has 0 saturated heterocycles. The minimum atomic E-state index is -0.432. The zero-order valence-electron chi connectivity index (χ0n) is 15.6. The molecule has 0 saturated carbocycles. The van der Waals surface area contributed by atoms with Crippen LogP contribution < -0.4 is 19.6 Å². The Morgan fingerprint density at radius 3 is 2.07 bits per heavy atom. The average molecular weight is 374 g/mol. The van der Waals surface area contributed by atoms with Crippen molar-refractivity contribution in [3.8, 4) is 17.2 Å². The van der Waals surface area contributed by atoms with Gasteiger partial charge in [0, 0.05) is 5.56 Å². The summed E-state index contributed by atoms with van der Waals surface area (Å²) in [4.78, 5) is 12.4. The number of rotatable bonds is 9. The molecule has 0 heterocycles. The Bertz CT molecular complexity index is 764. The number of halogens is 1. The van der Waals surface area contributed by atoms with E-state index >= 15 is 0 Å². The Labute approximate surface area is 157 Å². The van der Waals surface area contributed by atoms with Gasteiger partial charge in [0.25, 0.3) is 5.91 Å². The molecule has 2 aromatic carbocycles. The molecular weight excluding hydrogens is 351 g/mol. The summed E-state index contributed by atoms with van der Waals surface area (Å²) in [5, 5.41) is 3.90. The second-order valence-corrected chi connectivity index (χ2v) is 5.35. The maximum atomic E-state index is 12.9. The number of hydrogen-bond acceptors (Lipinski definition) is 5. The molecule has 0 aliphatic carbocycles. The van der Waals surface area contributed by atoms with Crippen LogP contribution in [0.1, 0.15) is 36.7 Å². The third kappa shape index (κ3) is 5.70. The first-order valence-corrected chi connectivity index (χ1v) is 8.74. The topological polar surface area (TPSA) is 69.2 Å². The summed E-state index contributed by atoms with van der Waals surface area (Å²) in [6.45, 7) is 6.81. The molecule has 0 atom stereocenters. The predicted octanol–water partition coefficient (Wildman–Crippen LogP) is 3.79. The predicted molar refractivity (Wildman–Crippen MR) is 101 cm³/mol. The monoisotopic (exact) mass is 374 g/mol. The summed E-state index contributed by atoms with van der Waals surface area (Å²) in [6, 6.07) is 8.92. The molecule has 1 amide bonds. The lowest BCUT2D eigenvalue weighted by atomic mass is 10.1. The average Bonchev–Trinajstić information content (AvgIpc) is 2.66. The van der Waals surface area contributed by atoms with Crippen molar-refractivity contribution in [1.82, 2.24) is 5.43 Å². The molecule has 27 heavy (non-hydrogen) atoms. The molecule has 7 heteroatoms. The molecule has 2 aromatic rings. The van der Waals surface area contributed by atoms with Crippen molar-refractivity contribution in [2.45, 2.75) is 20.8 Å². The number of amides is 1. The van der Waals surface area contributed by atoms with Crippen LogP contribution in [-0.2, 0) is 0 Å². The molecule has 0 spiro atoms. The van der Waals surface area contributed by atoms with Crippen molar-refractivity contribution in [1.29, 1.82) is 0 Å². The van der Waals surface area contributed by atoms with E-state index in [1.54, 1.807) is 24.3 Å². The Kier molecular flexibility index (Phi) is 7.61. The molecule has 0 aliphatic rings. The zero-order chi connectivity index (χ0) is 19.6. The first-order chi connectivity index (χ1) is 13.1. The molecule has 0 aromatic heterocycles. The van der Waals surface area contributed by atoms with Gasteiger partial charge in [-0.2, -0.15) is 5.10 Å². The highest BCUT2D eigenvalue weighted by atomic mass is 19.1. The number of carbonyl (C=O) groups excluding carboxylic acids is 1. The third-order valence-electron chi connectivity index (χ3n) is 3.42. The Morgan fingerprint density at radius 1 is 1.00 bits per heavy atom. The molecular formula is C20H23FN2O4. The van der Waals surface area contributed by atoms with Gasteiger partial charge >= 0.3 is 0 Å². The van der Waals surface area contributed by atoms with E-state index in [1.165, 1.54) is 18.3 Å². The van der Waals surface area contributed by atoms with E-state index in [0.717, 1.165) is 0 Å². The summed E-state index contributed by atoms with van der Waals surface area (Å²) in [6.07, 6.45) is 1.43. The van der Waals surface area contributed by atoms with E-state index in [0.29, 0.717) is 48.2 Å². The Morgan fingerprint density at radius 2 is 1.56 bits per heavy atom. The number of benzene rings is 2. The molecule has 0 unspecified atom stereocenters. The summed E-state index contributed by atoms with van der Waals surface area (Å²) < 4.78 is 29.7. The number of hydrogen-bond donors (Lipinski definition) is 1. The van der Waals surface area contributed by atoms with E-state index in [1.807, 2.05) is 20.8 Å². The van der Waals surface area contributed by atoms with E-state index in [-0.39, 0.29) is 5.82 Å². The van der Waals surface area contributed by atoms with Gasteiger partial charge in [0.15, 0.2) is 11.5 Å². The Hall–Kier alpha value is -3.09. The number of nitrogens with one attached hydrogen (secondary N) is 1. The van der Waals surface area contributed by atoms with Crippen LogP contribution >= 0.6 is 0 Å². The minimum Gasteiger partial charge on any atom is -0.490 e. The molecule has 6 nitrogen and oxygen atoms in total. The van der Waals surface area contributed by atoms with Crippen LogP contribution in [-0.4, -0.2) is 31.9 Å². The smallest absolute Gasteiger partial charge is 0.271 e. The standard InChI is InChI=1S/C20H23FN2O4/c1-4-25-17-11-15(12-18(26-5-2)19(17)27-6-3)20(24)23-22-13-14-7-9-16(21)10-8-14/h7-13H,4-6H2,1-3H3,(H,23,24). The van der Waals surface area contributed by atoms with Gasteiger partial charge in [-0.15, -0.1) is 0 Å². The largest absolute Gasteiger partial charge is 0.490 e. The van der Waals surface area contributed by atoms with Crippen LogP contribution in [0.4, 0.5) is 4.39 Å². The van der Waals surface area contributed by atoms with Gasteiger partial charge in [-0.25, -0.2) is 9.82 Å². The molecule has 144 valence electrons. The normalized spacial score (nSPS) is 10.7. The van der Waals surface area contributed by atoms with Crippen LogP contribution in [0.25, 0.3) is 0 Å². The molecule has 2 rings (SSSR count). The molecule has 0 fully saturated rings. The minimum absolute atomic E-state index is 0.321. The van der Waals surface area contributed by atoms with Crippen molar-refractivity contribution in [2.75, 3.05) is 19.8 Å². The van der Waals surface area contributed by atoms with Crippen LogP contribution in [0.15, 0.2) is 41.5 Å². The Balaban J connectivity index is 2.21. The maximum Gasteiger partial charge on any atom is 0.271 e. The van der Waals surface area contributed by atoms with E-state index in [4.69, 9.17) is 14.2 Å². The van der Waals surface area contributed by atoms with Gasteiger partial charge in [-0.1, -0.05) is 12.1 Å². The fraction of sp³-hybridized carbons (Fsp3) is 0.300. The number of nitrogens with zero attached hydrogens (tertiary/aromatic N) is 1. The van der Waals surface area contributed by atoms with E-state index in [2.05, 4.69) is 10.5 Å². The highest BCUT2D eigenvalue weighted by Gasteiger charge is 2.18. The van der Waals surface area contributed by atoms with E-state index < -0.39 is 5.91 Å². The van der Waals surface area contributed by atoms with E-state index in [9.17, 15) is 9.18 Å². The maximum absolute atomic E-state index is 12.9. The number of ether oxygens (including phenoxy) is 3. The second-order valence-electron chi connectivity index (χ2n) is 5.35. The van der Waals surface area contributed by atoms with Gasteiger partial charge in [-0.3, -0.25) is 4.79 Å². The third-order valence-corrected chi connectivity index (χ3v) is 3.42. The lowest BCUT2D eigenvalue weighted by Crippen LogP contribution is -2.18. The SMILES string of the molecule is CCOc1cc(C(=O)NN=Cc2ccc(F)cc2)cc(OCC)c1OCC. The van der Waals surface area contributed by atoms with Crippen LogP contribution in [0.3, 0.4) is 0 Å². The highest BCUT2D eigenvalue weighted by Crippen LogP contribution is 2.39. The van der Waals surface area contributed by atoms with Crippen molar-refractivity contribution < 1.29 is 23.4 Å². The lowest BCUT2D eigenvalue weighted by Gasteiger charge is -2.16. The van der Waals surface area contributed by atoms with Crippen molar-refractivity contribution in [2.24, 2.45) is 5.10 Å². The van der Waals surface area contributed by atoms with Gasteiger partial charge in [0.1, 0.15) is 5.82 Å². The van der Waals surface area contributed by atoms with Crippen LogP contribution in [0.2, 0.25) is 0 Å². The first kappa shape index (κ1) is 20.2. The first-order valence-electron chi connectivity index (χ1n) is 8.74. The van der Waals surface area contributed by atoms with Gasteiger partial charge < -0.3 is 14.2 Å². The van der Waals surface area contributed by atoms with Crippen molar-refractivity contribution >= 4 is 12.1 Å². The van der Waals surface area contributed by atoms with Crippen LogP contribution in [0.5, 0.6) is 17.2 Å². The highest BCUT2D eigenvalue weighted by molar-refractivity contribution is 5.96. The summed E-state index contributed by atoms with van der Waals surface area (Å²) in [7, 11) is 0. The summed E-state index contributed by atoms with van der Waals surface area (Å²) in [5.41, 5.74) is 3.42. The molecule has 0 bridgehead atoms. The van der Waals surface area contributed by atoms with Crippen molar-refractivity contribution in [3.63, 3.8) is 0 Å².